The molecule has 2 amide bonds. The van der Waals surface area contributed by atoms with Crippen LogP contribution >= 0.6 is 11.6 Å². The van der Waals surface area contributed by atoms with Gasteiger partial charge in [0.15, 0.2) is 11.2 Å². The van der Waals surface area contributed by atoms with Gasteiger partial charge < -0.3 is 15.1 Å². The Morgan fingerprint density at radius 2 is 1.62 bits per heavy atom. The summed E-state index contributed by atoms with van der Waals surface area (Å²) in [6, 6.07) is 17.8. The summed E-state index contributed by atoms with van der Waals surface area (Å²) in [5.41, 5.74) is 1.91. The maximum Gasteiger partial charge on any atom is 0.268 e. The number of Topliss-reactive ketones (excluding diaryl/α,β-unsaturated/α-hetero) is 1. The second-order valence-electron chi connectivity index (χ2n) is 10.4. The first kappa shape index (κ1) is 31.5. The minimum Gasteiger partial charge on any atom is -0.432 e. The summed E-state index contributed by atoms with van der Waals surface area (Å²) in [6.45, 7) is 1.92. The first-order valence-electron chi connectivity index (χ1n) is 14.4. The number of rotatable bonds is 12. The van der Waals surface area contributed by atoms with Gasteiger partial charge in [0.05, 0.1) is 6.04 Å². The van der Waals surface area contributed by atoms with Crippen LogP contribution in [0.4, 0.5) is 8.78 Å². The number of aromatic nitrogens is 2. The Labute approximate surface area is 262 Å². The fourth-order valence-corrected chi connectivity index (χ4v) is 5.10. The number of benzene rings is 3. The quantitative estimate of drug-likeness (QED) is 0.148. The minimum absolute atomic E-state index is 0.204. The zero-order valence-corrected chi connectivity index (χ0v) is 25.0. The summed E-state index contributed by atoms with van der Waals surface area (Å²) in [7, 11) is 0. The number of carbonyl (C=O) groups is 3. The van der Waals surface area contributed by atoms with Crippen LogP contribution in [0.25, 0.3) is 22.4 Å². The molecule has 0 saturated carbocycles. The highest BCUT2D eigenvalue weighted by Crippen LogP contribution is 2.27. The largest absolute Gasteiger partial charge is 0.432 e. The van der Waals surface area contributed by atoms with E-state index in [1.54, 1.807) is 42.5 Å². The highest BCUT2D eigenvalue weighted by Gasteiger charge is 2.31. The molecule has 0 aliphatic carbocycles. The first-order valence-corrected chi connectivity index (χ1v) is 14.8. The monoisotopic (exact) mass is 630 g/mol. The van der Waals surface area contributed by atoms with E-state index in [4.69, 9.17) is 16.0 Å². The van der Waals surface area contributed by atoms with Crippen molar-refractivity contribution in [3.05, 3.63) is 119 Å². The number of pyridine rings is 1. The Hall–Kier alpha value is -4.96. The lowest BCUT2D eigenvalue weighted by molar-refractivity contribution is -0.123. The fourth-order valence-electron chi connectivity index (χ4n) is 4.85. The van der Waals surface area contributed by atoms with Crippen LogP contribution in [0.5, 0.6) is 0 Å². The van der Waals surface area contributed by atoms with Gasteiger partial charge in [0.1, 0.15) is 17.7 Å². The van der Waals surface area contributed by atoms with E-state index in [1.807, 2.05) is 25.1 Å². The lowest BCUT2D eigenvalue weighted by Gasteiger charge is -2.23. The molecule has 2 atom stereocenters. The maximum atomic E-state index is 14.7. The predicted molar refractivity (Wildman–Crippen MR) is 166 cm³/mol. The van der Waals surface area contributed by atoms with Crippen molar-refractivity contribution in [3.8, 4) is 11.1 Å². The summed E-state index contributed by atoms with van der Waals surface area (Å²) in [6.07, 6.45) is 2.54. The number of halogens is 3. The molecular weight excluding hydrogens is 602 g/mol. The van der Waals surface area contributed by atoms with Crippen molar-refractivity contribution in [1.29, 1.82) is 0 Å². The van der Waals surface area contributed by atoms with Crippen molar-refractivity contribution < 1.29 is 27.6 Å². The van der Waals surface area contributed by atoms with Crippen molar-refractivity contribution in [2.75, 3.05) is 0 Å². The van der Waals surface area contributed by atoms with Crippen LogP contribution in [0.15, 0.2) is 89.5 Å². The molecular formula is C34H29ClF2N4O4. The van der Waals surface area contributed by atoms with Gasteiger partial charge in [0.2, 0.25) is 11.7 Å². The molecule has 0 fully saturated rings. The lowest BCUT2D eigenvalue weighted by Crippen LogP contribution is -2.52. The molecule has 0 saturated heterocycles. The molecule has 3 aromatic carbocycles. The molecule has 2 aromatic heterocycles. The molecule has 230 valence electrons. The molecule has 2 heterocycles. The third-order valence-corrected chi connectivity index (χ3v) is 7.61. The number of fused-ring (bicyclic) bond motifs is 1. The number of hydrogen-bond donors (Lipinski definition) is 2. The van der Waals surface area contributed by atoms with Crippen molar-refractivity contribution in [3.63, 3.8) is 0 Å². The molecule has 0 radical (unpaired) electrons. The normalized spacial score (nSPS) is 12.4. The van der Waals surface area contributed by atoms with E-state index in [0.717, 1.165) is 29.7 Å². The molecule has 5 rings (SSSR count). The van der Waals surface area contributed by atoms with Crippen molar-refractivity contribution >= 4 is 40.4 Å². The second-order valence-corrected chi connectivity index (χ2v) is 10.8. The molecule has 5 aromatic rings. The topological polar surface area (TPSA) is 114 Å². The van der Waals surface area contributed by atoms with Crippen LogP contribution in [-0.2, 0) is 11.2 Å². The standard InChI is InChI=1S/C34H29ClF2N4O4/c1-2-3-12-27(30(42)34-41-31-29(45-34)13-7-18-38-31)39-33(44)28(19-23-25(36)10-6-11-26(23)37)40-32(43)21-16-14-20(15-17-21)22-8-4-5-9-24(22)35/h4-11,13-18,27-28H,2-3,12,19H2,1H3,(H,39,44)(H,40,43)/t27-,28?/m0/s1. The number of nitrogens with one attached hydrogen (secondary N) is 2. The summed E-state index contributed by atoms with van der Waals surface area (Å²) >= 11 is 6.30. The third-order valence-electron chi connectivity index (χ3n) is 7.28. The van der Waals surface area contributed by atoms with Crippen molar-refractivity contribution in [2.24, 2.45) is 0 Å². The molecule has 11 heteroatoms. The van der Waals surface area contributed by atoms with Gasteiger partial charge in [-0.05, 0) is 54.4 Å². The molecule has 0 bridgehead atoms. The van der Waals surface area contributed by atoms with Crippen LogP contribution in [-0.4, -0.2) is 39.6 Å². The van der Waals surface area contributed by atoms with Crippen LogP contribution in [0.3, 0.4) is 0 Å². The van der Waals surface area contributed by atoms with E-state index in [2.05, 4.69) is 20.6 Å². The highest BCUT2D eigenvalue weighted by atomic mass is 35.5. The summed E-state index contributed by atoms with van der Waals surface area (Å²) in [5.74, 6) is -4.02. The zero-order valence-electron chi connectivity index (χ0n) is 24.2. The smallest absolute Gasteiger partial charge is 0.268 e. The SMILES string of the molecule is CCCC[C@H](NC(=O)C(Cc1c(F)cccc1F)NC(=O)c1ccc(-c2ccccc2Cl)cc1)C(=O)c1nc2ncccc2o1. The van der Waals surface area contributed by atoms with Gasteiger partial charge in [0, 0.05) is 34.3 Å². The number of unbranched alkanes of at least 4 members (excludes halogenated alkanes) is 1. The first-order chi connectivity index (χ1) is 21.7. The molecule has 0 aliphatic heterocycles. The summed E-state index contributed by atoms with van der Waals surface area (Å²) < 4.78 is 34.9. The van der Waals surface area contributed by atoms with Crippen LogP contribution < -0.4 is 10.6 Å². The molecule has 2 N–H and O–H groups in total. The Morgan fingerprint density at radius 3 is 2.31 bits per heavy atom. The van der Waals surface area contributed by atoms with Crippen LogP contribution in [0, 0.1) is 11.6 Å². The average Bonchev–Trinajstić information content (AvgIpc) is 3.48. The van der Waals surface area contributed by atoms with E-state index in [1.165, 1.54) is 12.3 Å². The Kier molecular flexibility index (Phi) is 9.94. The van der Waals surface area contributed by atoms with E-state index in [0.29, 0.717) is 17.0 Å². The Bertz CT molecular complexity index is 1790. The van der Waals surface area contributed by atoms with E-state index >= 15 is 0 Å². The number of nitrogens with zero attached hydrogens (tertiary/aromatic N) is 2. The number of amides is 2. The van der Waals surface area contributed by atoms with Crippen molar-refractivity contribution in [2.45, 2.75) is 44.7 Å². The van der Waals surface area contributed by atoms with Crippen LogP contribution in [0.2, 0.25) is 5.02 Å². The minimum atomic E-state index is -1.44. The zero-order chi connectivity index (χ0) is 31.9. The summed E-state index contributed by atoms with van der Waals surface area (Å²) in [4.78, 5) is 48.7. The maximum absolute atomic E-state index is 14.7. The van der Waals surface area contributed by atoms with Gasteiger partial charge in [0.25, 0.3) is 11.8 Å². The summed E-state index contributed by atoms with van der Waals surface area (Å²) in [5, 5.41) is 5.80. The fraction of sp³-hybridized carbons (Fsp3) is 0.206. The average molecular weight is 631 g/mol. The number of oxazole rings is 1. The van der Waals surface area contributed by atoms with E-state index in [9.17, 15) is 23.2 Å². The van der Waals surface area contributed by atoms with E-state index in [-0.39, 0.29) is 29.1 Å². The Balaban J connectivity index is 1.40. The molecule has 8 nitrogen and oxygen atoms in total. The van der Waals surface area contributed by atoms with Gasteiger partial charge in [-0.3, -0.25) is 14.4 Å². The van der Waals surface area contributed by atoms with Gasteiger partial charge >= 0.3 is 0 Å². The number of hydrogen-bond acceptors (Lipinski definition) is 6. The molecule has 1 unspecified atom stereocenters. The van der Waals surface area contributed by atoms with Gasteiger partial charge in [-0.15, -0.1) is 0 Å². The van der Waals surface area contributed by atoms with Gasteiger partial charge in [-0.2, -0.15) is 4.98 Å². The van der Waals surface area contributed by atoms with E-state index < -0.39 is 47.7 Å². The predicted octanol–water partition coefficient (Wildman–Crippen LogP) is 6.72. The Morgan fingerprint density at radius 1 is 0.889 bits per heavy atom. The van der Waals surface area contributed by atoms with Crippen molar-refractivity contribution in [1.82, 2.24) is 20.6 Å². The number of carbonyl (C=O) groups excluding carboxylic acids is 3. The number of ketones is 1. The molecule has 0 spiro atoms. The van der Waals surface area contributed by atoms with Gasteiger partial charge in [-0.25, -0.2) is 13.8 Å². The highest BCUT2D eigenvalue weighted by molar-refractivity contribution is 6.33. The molecule has 45 heavy (non-hydrogen) atoms. The molecule has 0 aliphatic rings. The van der Waals surface area contributed by atoms with Crippen LogP contribution in [0.1, 0.15) is 52.8 Å². The third kappa shape index (κ3) is 7.41. The lowest BCUT2D eigenvalue weighted by atomic mass is 10.0. The van der Waals surface area contributed by atoms with Gasteiger partial charge in [-0.1, -0.05) is 67.8 Å². The second kappa shape index (κ2) is 14.2.